The fourth-order valence-electron chi connectivity index (χ4n) is 3.60. The molecule has 2 N–H and O–H groups in total. The minimum absolute atomic E-state index is 0.0397. The van der Waals surface area contributed by atoms with E-state index in [0.29, 0.717) is 26.1 Å². The van der Waals surface area contributed by atoms with Gasteiger partial charge in [0.05, 0.1) is 13.0 Å². The van der Waals surface area contributed by atoms with E-state index in [-0.39, 0.29) is 23.6 Å². The maximum atomic E-state index is 12.6. The third-order valence-electron chi connectivity index (χ3n) is 5.26. The number of methoxy groups -OCH3 is 1. The van der Waals surface area contributed by atoms with E-state index in [1.54, 1.807) is 12.0 Å². The van der Waals surface area contributed by atoms with Crippen LogP contribution in [-0.4, -0.2) is 58.6 Å². The summed E-state index contributed by atoms with van der Waals surface area (Å²) in [4.78, 5) is 30.7. The van der Waals surface area contributed by atoms with Crippen LogP contribution in [0, 0.1) is 5.92 Å². The largest absolute Gasteiger partial charge is 0.497 e. The molecule has 8 heteroatoms. The molecular formula is C22H23N5O3. The SMILES string of the molecule is COc1ccc(-c2ccc(C[C@@H]3CN(C(=O)c4ncn[nH]4)CCNC3=O)cc2)cc1. The fraction of sp³-hybridized carbons (Fsp3) is 0.273. The molecule has 0 spiro atoms. The number of nitrogens with zero attached hydrogens (tertiary/aromatic N) is 3. The molecule has 1 saturated heterocycles. The molecule has 3 aromatic rings. The van der Waals surface area contributed by atoms with Gasteiger partial charge in [-0.25, -0.2) is 4.98 Å². The number of hydrogen-bond acceptors (Lipinski definition) is 5. The lowest BCUT2D eigenvalue weighted by molar-refractivity contribution is -0.124. The second kappa shape index (κ2) is 8.77. The topological polar surface area (TPSA) is 100 Å². The molecular weight excluding hydrogens is 382 g/mol. The molecule has 8 nitrogen and oxygen atoms in total. The molecule has 1 aliphatic heterocycles. The Bertz CT molecular complexity index is 1000. The Morgan fingerprint density at radius 2 is 1.83 bits per heavy atom. The number of H-pyrrole nitrogens is 1. The molecule has 4 rings (SSSR count). The van der Waals surface area contributed by atoms with Gasteiger partial charge in [-0.2, -0.15) is 5.10 Å². The number of carbonyl (C=O) groups is 2. The number of aromatic amines is 1. The summed E-state index contributed by atoms with van der Waals surface area (Å²) in [6, 6.07) is 16.0. The Balaban J connectivity index is 1.46. The van der Waals surface area contributed by atoms with Crippen LogP contribution in [0.15, 0.2) is 54.9 Å². The number of hydrogen-bond donors (Lipinski definition) is 2. The van der Waals surface area contributed by atoms with Crippen molar-refractivity contribution in [3.05, 3.63) is 66.2 Å². The number of aromatic nitrogens is 3. The van der Waals surface area contributed by atoms with E-state index in [9.17, 15) is 9.59 Å². The quantitative estimate of drug-likeness (QED) is 0.675. The summed E-state index contributed by atoms with van der Waals surface area (Å²) in [6.07, 6.45) is 1.85. The highest BCUT2D eigenvalue weighted by molar-refractivity contribution is 5.91. The average Bonchev–Trinajstić information content (AvgIpc) is 3.26. The van der Waals surface area contributed by atoms with Gasteiger partial charge in [-0.15, -0.1) is 0 Å². The Kier molecular flexibility index (Phi) is 5.74. The molecule has 0 bridgehead atoms. The number of benzene rings is 2. The lowest BCUT2D eigenvalue weighted by atomic mass is 9.96. The number of rotatable bonds is 5. The first-order chi connectivity index (χ1) is 14.6. The van der Waals surface area contributed by atoms with Crippen molar-refractivity contribution in [3.8, 4) is 16.9 Å². The third-order valence-corrected chi connectivity index (χ3v) is 5.26. The molecule has 1 aliphatic rings. The van der Waals surface area contributed by atoms with E-state index in [1.807, 2.05) is 48.5 Å². The molecule has 30 heavy (non-hydrogen) atoms. The summed E-state index contributed by atoms with van der Waals surface area (Å²) < 4.78 is 5.20. The average molecular weight is 405 g/mol. The van der Waals surface area contributed by atoms with Crippen molar-refractivity contribution in [2.24, 2.45) is 5.92 Å². The van der Waals surface area contributed by atoms with E-state index in [2.05, 4.69) is 20.5 Å². The van der Waals surface area contributed by atoms with Crippen LogP contribution in [-0.2, 0) is 11.2 Å². The molecule has 0 aliphatic carbocycles. The minimum atomic E-state index is -0.328. The standard InChI is InChI=1S/C22H23N5O3/c1-30-19-8-6-17(7-9-19)16-4-2-15(3-5-16)12-18-13-27(11-10-23-21(18)28)22(29)20-24-14-25-26-20/h2-9,14,18H,10-13H2,1H3,(H,23,28)(H,24,25,26)/t18-/m1/s1. The predicted octanol–water partition coefficient (Wildman–Crippen LogP) is 1.91. The van der Waals surface area contributed by atoms with Gasteiger partial charge < -0.3 is 15.0 Å². The fourth-order valence-corrected chi connectivity index (χ4v) is 3.60. The van der Waals surface area contributed by atoms with Crippen LogP contribution in [0.5, 0.6) is 5.75 Å². The van der Waals surface area contributed by atoms with Crippen LogP contribution in [0.25, 0.3) is 11.1 Å². The van der Waals surface area contributed by atoms with Gasteiger partial charge in [-0.1, -0.05) is 36.4 Å². The van der Waals surface area contributed by atoms with Gasteiger partial charge in [0, 0.05) is 19.6 Å². The van der Waals surface area contributed by atoms with Crippen LogP contribution in [0.4, 0.5) is 0 Å². The van der Waals surface area contributed by atoms with Crippen LogP contribution in [0.1, 0.15) is 16.2 Å². The molecule has 0 saturated carbocycles. The maximum Gasteiger partial charge on any atom is 0.291 e. The van der Waals surface area contributed by atoms with Gasteiger partial charge >= 0.3 is 0 Å². The monoisotopic (exact) mass is 405 g/mol. The van der Waals surface area contributed by atoms with Crippen LogP contribution < -0.4 is 10.1 Å². The van der Waals surface area contributed by atoms with Gasteiger partial charge in [0.1, 0.15) is 12.1 Å². The smallest absolute Gasteiger partial charge is 0.291 e. The van der Waals surface area contributed by atoms with Crippen molar-refractivity contribution in [1.29, 1.82) is 0 Å². The van der Waals surface area contributed by atoms with Crippen LogP contribution >= 0.6 is 0 Å². The summed E-state index contributed by atoms with van der Waals surface area (Å²) in [5.74, 6) is 0.392. The van der Waals surface area contributed by atoms with Crippen LogP contribution in [0.2, 0.25) is 0 Å². The van der Waals surface area contributed by atoms with Gasteiger partial charge in [0.25, 0.3) is 5.91 Å². The maximum absolute atomic E-state index is 12.6. The molecule has 1 fully saturated rings. The number of nitrogens with one attached hydrogen (secondary N) is 2. The van der Waals surface area contributed by atoms with E-state index in [1.165, 1.54) is 6.33 Å². The minimum Gasteiger partial charge on any atom is -0.497 e. The molecule has 1 aromatic heterocycles. The Hall–Kier alpha value is -3.68. The van der Waals surface area contributed by atoms with Crippen molar-refractivity contribution in [2.75, 3.05) is 26.7 Å². The lowest BCUT2D eigenvalue weighted by Gasteiger charge is -2.22. The third kappa shape index (κ3) is 4.32. The first-order valence-electron chi connectivity index (χ1n) is 9.80. The summed E-state index contributed by atoms with van der Waals surface area (Å²) in [6.45, 7) is 1.20. The van der Waals surface area contributed by atoms with Gasteiger partial charge in [0.15, 0.2) is 0 Å². The Labute approximate surface area is 174 Å². The summed E-state index contributed by atoms with van der Waals surface area (Å²) in [7, 11) is 1.65. The zero-order chi connectivity index (χ0) is 20.9. The first-order valence-corrected chi connectivity index (χ1v) is 9.80. The van der Waals surface area contributed by atoms with E-state index < -0.39 is 0 Å². The van der Waals surface area contributed by atoms with Gasteiger partial charge in [-0.3, -0.25) is 14.7 Å². The zero-order valence-electron chi connectivity index (χ0n) is 16.7. The van der Waals surface area contributed by atoms with Gasteiger partial charge in [-0.05, 0) is 35.2 Å². The Morgan fingerprint density at radius 3 is 2.47 bits per heavy atom. The highest BCUT2D eigenvalue weighted by Gasteiger charge is 2.29. The normalized spacial score (nSPS) is 16.6. The summed E-state index contributed by atoms with van der Waals surface area (Å²) in [5, 5.41) is 9.23. The lowest BCUT2D eigenvalue weighted by Crippen LogP contribution is -2.37. The molecule has 0 radical (unpaired) electrons. The molecule has 2 amide bonds. The van der Waals surface area contributed by atoms with E-state index in [0.717, 1.165) is 22.4 Å². The molecule has 154 valence electrons. The van der Waals surface area contributed by atoms with Crippen LogP contribution in [0.3, 0.4) is 0 Å². The second-order valence-corrected chi connectivity index (χ2v) is 7.20. The number of amides is 2. The molecule has 2 aromatic carbocycles. The van der Waals surface area contributed by atoms with Crippen molar-refractivity contribution in [2.45, 2.75) is 6.42 Å². The number of ether oxygens (including phenoxy) is 1. The predicted molar refractivity (Wildman–Crippen MR) is 111 cm³/mol. The number of carbonyl (C=O) groups excluding carboxylic acids is 2. The highest BCUT2D eigenvalue weighted by Crippen LogP contribution is 2.24. The van der Waals surface area contributed by atoms with Crippen molar-refractivity contribution in [1.82, 2.24) is 25.4 Å². The second-order valence-electron chi connectivity index (χ2n) is 7.20. The Morgan fingerprint density at radius 1 is 1.13 bits per heavy atom. The summed E-state index contributed by atoms with van der Waals surface area (Å²) >= 11 is 0. The van der Waals surface area contributed by atoms with Gasteiger partial charge in [0.2, 0.25) is 11.7 Å². The first kappa shape index (κ1) is 19.6. The molecule has 0 unspecified atom stereocenters. The van der Waals surface area contributed by atoms with E-state index in [4.69, 9.17) is 4.74 Å². The molecule has 1 atom stereocenters. The zero-order valence-corrected chi connectivity index (χ0v) is 16.7. The highest BCUT2D eigenvalue weighted by atomic mass is 16.5. The van der Waals surface area contributed by atoms with Crippen molar-refractivity contribution < 1.29 is 14.3 Å². The summed E-state index contributed by atoms with van der Waals surface area (Å²) in [5.41, 5.74) is 3.23. The van der Waals surface area contributed by atoms with Crippen molar-refractivity contribution >= 4 is 11.8 Å². The molecule has 2 heterocycles. The van der Waals surface area contributed by atoms with Crippen molar-refractivity contribution in [3.63, 3.8) is 0 Å². The van der Waals surface area contributed by atoms with E-state index >= 15 is 0 Å².